The van der Waals surface area contributed by atoms with Gasteiger partial charge >= 0.3 is 6.18 Å². The first kappa shape index (κ1) is 37.0. The van der Waals surface area contributed by atoms with Gasteiger partial charge < -0.3 is 24.8 Å². The van der Waals surface area contributed by atoms with E-state index in [0.29, 0.717) is 25.0 Å². The maximum atomic E-state index is 14.4. The molecule has 19 heteroatoms. The molecule has 1 aromatic heterocycles. The van der Waals surface area contributed by atoms with Crippen LogP contribution in [0.1, 0.15) is 48.1 Å². The normalized spacial score (nSPS) is 27.0. The van der Waals surface area contributed by atoms with Gasteiger partial charge in [-0.15, -0.1) is 16.9 Å². The van der Waals surface area contributed by atoms with E-state index < -0.39 is 91.7 Å². The van der Waals surface area contributed by atoms with Crippen molar-refractivity contribution in [1.82, 2.24) is 19.3 Å². The molecule has 3 aromatic rings. The molecule has 3 heterocycles. The van der Waals surface area contributed by atoms with E-state index >= 15 is 0 Å². The zero-order valence-electron chi connectivity index (χ0n) is 26.4. The summed E-state index contributed by atoms with van der Waals surface area (Å²) in [5.74, 6) is -4.65. The second-order valence-electron chi connectivity index (χ2n) is 12.6. The van der Waals surface area contributed by atoms with Gasteiger partial charge in [-0.3, -0.25) is 0 Å². The molecule has 0 spiro atoms. The number of hydrogen-bond acceptors (Lipinski definition) is 10. The quantitative estimate of drug-likeness (QED) is 0.207. The third-order valence-electron chi connectivity index (χ3n) is 9.39. The van der Waals surface area contributed by atoms with Crippen LogP contribution >= 0.6 is 11.8 Å². The van der Waals surface area contributed by atoms with Gasteiger partial charge in [0.25, 0.3) is 0 Å². The van der Waals surface area contributed by atoms with Crippen LogP contribution in [0.5, 0.6) is 0 Å². The molecule has 2 aromatic carbocycles. The Morgan fingerprint density at radius 1 is 1.12 bits per heavy atom. The molecule has 1 unspecified atom stereocenters. The third kappa shape index (κ3) is 7.02. The molecule has 2 aliphatic heterocycles. The van der Waals surface area contributed by atoms with E-state index in [-0.39, 0.29) is 42.8 Å². The fourth-order valence-electron chi connectivity index (χ4n) is 6.56. The molecule has 2 saturated heterocycles. The molecule has 0 amide bonds. The highest BCUT2D eigenvalue weighted by molar-refractivity contribution is 8.00. The average Bonchev–Trinajstić information content (AvgIpc) is 3.84. The second-order valence-corrected chi connectivity index (χ2v) is 16.0. The maximum Gasteiger partial charge on any atom is 0.416 e. The summed E-state index contributed by atoms with van der Waals surface area (Å²) in [7, 11) is -2.39. The fraction of sp³-hybridized carbons (Fsp3) is 0.548. The van der Waals surface area contributed by atoms with Crippen LogP contribution in [0.3, 0.4) is 0 Å². The zero-order chi connectivity index (χ0) is 36.2. The summed E-state index contributed by atoms with van der Waals surface area (Å²) in [5.41, 5.74) is -4.81. The molecule has 3 fully saturated rings. The number of ether oxygens (including phenoxy) is 2. The van der Waals surface area contributed by atoms with Crippen LogP contribution in [-0.4, -0.2) is 104 Å². The Morgan fingerprint density at radius 2 is 1.76 bits per heavy atom. The molecule has 3 aliphatic rings. The van der Waals surface area contributed by atoms with E-state index in [2.05, 4.69) is 10.3 Å². The number of sulfonamides is 1. The number of piperidine rings is 1. The summed E-state index contributed by atoms with van der Waals surface area (Å²) in [6.45, 7) is -1.03. The Hall–Kier alpha value is -2.78. The largest absolute Gasteiger partial charge is 0.416 e. The van der Waals surface area contributed by atoms with Gasteiger partial charge in [0.15, 0.2) is 17.5 Å². The van der Waals surface area contributed by atoms with E-state index in [1.807, 2.05) is 0 Å². The van der Waals surface area contributed by atoms with Crippen molar-refractivity contribution in [3.8, 4) is 11.3 Å². The van der Waals surface area contributed by atoms with E-state index in [4.69, 9.17) is 9.47 Å². The number of hydrogen-bond donors (Lipinski definition) is 3. The van der Waals surface area contributed by atoms with E-state index in [1.54, 1.807) is 0 Å². The molecule has 0 radical (unpaired) electrons. The topological polar surface area (TPSA) is 147 Å². The van der Waals surface area contributed by atoms with Crippen molar-refractivity contribution in [3.05, 3.63) is 71.2 Å². The van der Waals surface area contributed by atoms with Gasteiger partial charge in [0.05, 0.1) is 34.5 Å². The van der Waals surface area contributed by atoms with Crippen LogP contribution < -0.4 is 0 Å². The minimum Gasteiger partial charge on any atom is -0.394 e. The molecule has 0 bridgehead atoms. The summed E-state index contributed by atoms with van der Waals surface area (Å²) in [6, 6.07) is 4.81. The fourth-order valence-corrected chi connectivity index (χ4v) is 10.1. The van der Waals surface area contributed by atoms with Gasteiger partial charge in [0.1, 0.15) is 35.5 Å². The van der Waals surface area contributed by atoms with Crippen molar-refractivity contribution in [3.63, 3.8) is 0 Å². The third-order valence-corrected chi connectivity index (χ3v) is 13.4. The average molecular weight is 753 g/mol. The number of aliphatic hydroxyl groups is 3. The van der Waals surface area contributed by atoms with Crippen LogP contribution in [0.4, 0.5) is 26.3 Å². The highest BCUT2D eigenvalue weighted by atomic mass is 32.2. The first-order valence-corrected chi connectivity index (χ1v) is 18.1. The SMILES string of the molecule is CO[C@@H]1[C@@H](n2cc(-c3cc(F)c(F)c(F)c3)nn2)[C@@H](O)[C@@H](CO)O[C@H]1SC(c1ccccc1C(F)(F)F)C1(O)CCN(S(=O)(=O)C2CC2)CC1. The highest BCUT2D eigenvalue weighted by Crippen LogP contribution is 2.52. The van der Waals surface area contributed by atoms with Crippen molar-refractivity contribution in [2.24, 2.45) is 0 Å². The van der Waals surface area contributed by atoms with Gasteiger partial charge in [-0.1, -0.05) is 23.4 Å². The maximum absolute atomic E-state index is 14.4. The molecule has 3 N–H and O–H groups in total. The van der Waals surface area contributed by atoms with Crippen LogP contribution in [0.15, 0.2) is 42.6 Å². The van der Waals surface area contributed by atoms with Crippen molar-refractivity contribution in [2.75, 3.05) is 26.8 Å². The first-order valence-electron chi connectivity index (χ1n) is 15.7. The minimum absolute atomic E-state index is 0.125. The lowest BCUT2D eigenvalue weighted by Crippen LogP contribution is -2.56. The summed E-state index contributed by atoms with van der Waals surface area (Å²) in [4.78, 5) is 0. The number of aliphatic hydroxyl groups excluding tert-OH is 2. The molecular formula is C31H34F6N4O7S2. The monoisotopic (exact) mass is 752 g/mol. The Morgan fingerprint density at radius 3 is 2.34 bits per heavy atom. The smallest absolute Gasteiger partial charge is 0.394 e. The lowest BCUT2D eigenvalue weighted by Gasteiger charge is -2.47. The van der Waals surface area contributed by atoms with E-state index in [0.717, 1.165) is 22.5 Å². The minimum atomic E-state index is -4.83. The number of nitrogens with zero attached hydrogens (tertiary/aromatic N) is 4. The predicted molar refractivity (Wildman–Crippen MR) is 166 cm³/mol. The second kappa shape index (κ2) is 14.0. The standard InChI is InChI=1S/C31H34F6N4O7S2/c1-47-27-25(41-14-22(38-39-41)16-12-20(32)24(34)21(33)13-16)26(43)23(15-42)48-29(27)49-28(18-4-2-3-5-19(18)31(35,36)37)30(44)8-10-40(11-9-30)50(45,46)17-6-7-17/h2-5,12-14,17,23,25-29,42-44H,6-11,15H2,1H3/t23-,25+,26+,27-,28?,29+/m1/s1. The van der Waals surface area contributed by atoms with Crippen LogP contribution in [0.25, 0.3) is 11.3 Å². The first-order chi connectivity index (χ1) is 23.6. The molecule has 1 saturated carbocycles. The number of alkyl halides is 3. The lowest BCUT2D eigenvalue weighted by atomic mass is 9.84. The van der Waals surface area contributed by atoms with Crippen LogP contribution in [0.2, 0.25) is 0 Å². The number of halogens is 6. The molecular weight excluding hydrogens is 718 g/mol. The molecule has 11 nitrogen and oxygen atoms in total. The predicted octanol–water partition coefficient (Wildman–Crippen LogP) is 3.81. The Bertz CT molecular complexity index is 1780. The van der Waals surface area contributed by atoms with Crippen LogP contribution in [0, 0.1) is 17.5 Å². The van der Waals surface area contributed by atoms with Gasteiger partial charge in [-0.25, -0.2) is 30.6 Å². The Balaban J connectivity index is 1.36. The Kier molecular flexibility index (Phi) is 10.3. The van der Waals surface area contributed by atoms with Gasteiger partial charge in [-0.05, 0) is 49.4 Å². The summed E-state index contributed by atoms with van der Waals surface area (Å²) < 4.78 is 125. The lowest BCUT2D eigenvalue weighted by molar-refractivity contribution is -0.186. The number of thioether (sulfide) groups is 1. The number of methoxy groups -OCH3 is 1. The van der Waals surface area contributed by atoms with Crippen molar-refractivity contribution in [1.29, 1.82) is 0 Å². The Labute approximate surface area is 287 Å². The number of rotatable bonds is 10. The summed E-state index contributed by atoms with van der Waals surface area (Å²) >= 11 is 0.753. The summed E-state index contributed by atoms with van der Waals surface area (Å²) in [6.07, 6.45) is -7.18. The zero-order valence-corrected chi connectivity index (χ0v) is 28.0. The van der Waals surface area contributed by atoms with Crippen molar-refractivity contribution in [2.45, 2.75) is 77.8 Å². The molecule has 6 rings (SSSR count). The molecule has 6 atom stereocenters. The van der Waals surface area contributed by atoms with E-state index in [1.165, 1.54) is 35.8 Å². The van der Waals surface area contributed by atoms with Crippen LogP contribution in [-0.2, 0) is 25.7 Å². The molecule has 274 valence electrons. The van der Waals surface area contributed by atoms with Crippen molar-refractivity contribution < 1.29 is 59.6 Å². The van der Waals surface area contributed by atoms with Gasteiger partial charge in [0.2, 0.25) is 10.0 Å². The van der Waals surface area contributed by atoms with Gasteiger partial charge in [0, 0.05) is 25.8 Å². The van der Waals surface area contributed by atoms with Crippen molar-refractivity contribution >= 4 is 21.8 Å². The van der Waals surface area contributed by atoms with E-state index in [9.17, 15) is 50.1 Å². The molecule has 50 heavy (non-hydrogen) atoms. The number of benzene rings is 2. The summed E-state index contributed by atoms with van der Waals surface area (Å²) in [5, 5.41) is 39.5. The molecule has 1 aliphatic carbocycles. The van der Waals surface area contributed by atoms with Gasteiger partial charge in [-0.2, -0.15) is 13.2 Å². The number of aromatic nitrogens is 3. The highest BCUT2D eigenvalue weighted by Gasteiger charge is 2.53.